The fraction of sp³-hybridized carbons (Fsp3) is 0.462. The molecule has 0 aliphatic heterocycles. The first-order valence-electron chi connectivity index (χ1n) is 5.27. The third kappa shape index (κ3) is 3.53. The highest BCUT2D eigenvalue weighted by molar-refractivity contribution is 6.30. The molecule has 1 unspecified atom stereocenters. The average Bonchev–Trinajstić information content (AvgIpc) is 2.16. The van der Waals surface area contributed by atoms with Crippen LogP contribution in [0.2, 0.25) is 5.02 Å². The third-order valence-electron chi connectivity index (χ3n) is 2.56. The van der Waals surface area contributed by atoms with Gasteiger partial charge in [0.25, 0.3) is 0 Å². The van der Waals surface area contributed by atoms with Crippen molar-refractivity contribution >= 4 is 17.6 Å². The van der Waals surface area contributed by atoms with Gasteiger partial charge in [0.2, 0.25) is 0 Å². The van der Waals surface area contributed by atoms with Crippen LogP contribution in [-0.2, 0) is 4.74 Å². The van der Waals surface area contributed by atoms with Crippen molar-refractivity contribution in [1.82, 2.24) is 0 Å². The Balaban J connectivity index is 2.74. The van der Waals surface area contributed by atoms with Crippen molar-refractivity contribution in [3.05, 3.63) is 34.9 Å². The van der Waals surface area contributed by atoms with E-state index in [9.17, 15) is 4.79 Å². The van der Waals surface area contributed by atoms with Crippen molar-refractivity contribution in [2.24, 2.45) is 5.41 Å². The lowest BCUT2D eigenvalue weighted by molar-refractivity contribution is 0.00480. The lowest BCUT2D eigenvalue weighted by Crippen LogP contribution is -2.28. The molecule has 0 aliphatic rings. The first-order chi connectivity index (χ1) is 7.30. The molecule has 1 atom stereocenters. The smallest absolute Gasteiger partial charge is 0.338 e. The molecule has 0 heterocycles. The highest BCUT2D eigenvalue weighted by Gasteiger charge is 2.24. The van der Waals surface area contributed by atoms with Gasteiger partial charge in [0.1, 0.15) is 6.10 Å². The quantitative estimate of drug-likeness (QED) is 0.732. The van der Waals surface area contributed by atoms with Gasteiger partial charge in [-0.15, -0.1) is 0 Å². The maximum absolute atomic E-state index is 11.8. The molecule has 88 valence electrons. The summed E-state index contributed by atoms with van der Waals surface area (Å²) in [5.41, 5.74) is 0.428. The number of ether oxygens (including phenoxy) is 1. The summed E-state index contributed by atoms with van der Waals surface area (Å²) in [6.45, 7) is 7.98. The minimum absolute atomic E-state index is 0.0613. The molecule has 16 heavy (non-hydrogen) atoms. The molecule has 0 radical (unpaired) electrons. The molecular weight excluding hydrogens is 224 g/mol. The van der Waals surface area contributed by atoms with Crippen LogP contribution in [0.1, 0.15) is 38.1 Å². The second-order valence-corrected chi connectivity index (χ2v) is 5.36. The van der Waals surface area contributed by atoms with Gasteiger partial charge in [-0.05, 0) is 30.5 Å². The summed E-state index contributed by atoms with van der Waals surface area (Å²) < 4.78 is 5.36. The number of carbonyl (C=O) groups is 1. The topological polar surface area (TPSA) is 26.3 Å². The highest BCUT2D eigenvalue weighted by Crippen LogP contribution is 2.23. The fourth-order valence-corrected chi connectivity index (χ4v) is 1.21. The first-order valence-corrected chi connectivity index (χ1v) is 5.65. The monoisotopic (exact) mass is 240 g/mol. The van der Waals surface area contributed by atoms with Gasteiger partial charge in [-0.2, -0.15) is 0 Å². The molecular formula is C13H17ClO2. The van der Waals surface area contributed by atoms with Crippen LogP contribution in [0.15, 0.2) is 24.3 Å². The zero-order valence-electron chi connectivity index (χ0n) is 10.1. The molecule has 0 spiro atoms. The molecule has 2 nitrogen and oxygen atoms in total. The summed E-state index contributed by atoms with van der Waals surface area (Å²) in [5, 5.41) is 0.540. The Bertz CT molecular complexity index is 380. The second-order valence-electron chi connectivity index (χ2n) is 4.92. The SMILES string of the molecule is CC(OC(=O)c1cccc(Cl)c1)C(C)(C)C. The lowest BCUT2D eigenvalue weighted by Gasteiger charge is -2.26. The number of hydrogen-bond acceptors (Lipinski definition) is 2. The van der Waals surface area contributed by atoms with Gasteiger partial charge >= 0.3 is 5.97 Å². The van der Waals surface area contributed by atoms with Crippen molar-refractivity contribution in [3.8, 4) is 0 Å². The van der Waals surface area contributed by atoms with E-state index in [0.29, 0.717) is 10.6 Å². The molecule has 1 aromatic rings. The summed E-state index contributed by atoms with van der Waals surface area (Å²) in [7, 11) is 0. The van der Waals surface area contributed by atoms with Crippen LogP contribution in [0, 0.1) is 5.41 Å². The van der Waals surface area contributed by atoms with Crippen LogP contribution >= 0.6 is 11.6 Å². The summed E-state index contributed by atoms with van der Waals surface area (Å²) in [6.07, 6.45) is -0.140. The zero-order chi connectivity index (χ0) is 12.3. The predicted molar refractivity (Wildman–Crippen MR) is 65.8 cm³/mol. The Kier molecular flexibility index (Phi) is 3.98. The van der Waals surface area contributed by atoms with Gasteiger partial charge in [-0.1, -0.05) is 38.4 Å². The van der Waals surface area contributed by atoms with Gasteiger partial charge < -0.3 is 4.74 Å². The minimum atomic E-state index is -0.329. The van der Waals surface area contributed by atoms with Crippen LogP contribution in [0.4, 0.5) is 0 Å². The van der Waals surface area contributed by atoms with Crippen molar-refractivity contribution in [2.45, 2.75) is 33.8 Å². The predicted octanol–water partition coefficient (Wildman–Crippen LogP) is 3.93. The van der Waals surface area contributed by atoms with E-state index in [2.05, 4.69) is 0 Å². The van der Waals surface area contributed by atoms with E-state index in [1.807, 2.05) is 27.7 Å². The number of esters is 1. The lowest BCUT2D eigenvalue weighted by atomic mass is 9.90. The zero-order valence-corrected chi connectivity index (χ0v) is 10.8. The average molecular weight is 241 g/mol. The number of carbonyl (C=O) groups excluding carboxylic acids is 1. The largest absolute Gasteiger partial charge is 0.459 e. The molecule has 1 rings (SSSR count). The minimum Gasteiger partial charge on any atom is -0.459 e. The van der Waals surface area contributed by atoms with Crippen LogP contribution < -0.4 is 0 Å². The number of rotatable bonds is 2. The molecule has 0 saturated heterocycles. The molecule has 3 heteroatoms. The molecule has 0 amide bonds. The molecule has 0 fully saturated rings. The maximum Gasteiger partial charge on any atom is 0.338 e. The maximum atomic E-state index is 11.8. The second kappa shape index (κ2) is 4.88. The summed E-state index contributed by atoms with van der Waals surface area (Å²) in [5.74, 6) is -0.329. The van der Waals surface area contributed by atoms with Crippen molar-refractivity contribution in [1.29, 1.82) is 0 Å². The summed E-state index contributed by atoms with van der Waals surface area (Å²) >= 11 is 5.81. The molecule has 1 aromatic carbocycles. The number of benzene rings is 1. The van der Waals surface area contributed by atoms with E-state index in [-0.39, 0.29) is 17.5 Å². The van der Waals surface area contributed by atoms with Crippen molar-refractivity contribution in [3.63, 3.8) is 0 Å². The summed E-state index contributed by atoms with van der Waals surface area (Å²) in [4.78, 5) is 11.8. The molecule has 0 aromatic heterocycles. The van der Waals surface area contributed by atoms with Gasteiger partial charge in [0, 0.05) is 5.02 Å². The van der Waals surface area contributed by atoms with Gasteiger partial charge in [-0.25, -0.2) is 4.79 Å². The van der Waals surface area contributed by atoms with E-state index in [0.717, 1.165) is 0 Å². The van der Waals surface area contributed by atoms with E-state index >= 15 is 0 Å². The van der Waals surface area contributed by atoms with E-state index in [1.165, 1.54) is 0 Å². The molecule has 0 saturated carbocycles. The molecule has 0 aliphatic carbocycles. The Labute approximate surface area is 102 Å². The normalized spacial score (nSPS) is 13.3. The van der Waals surface area contributed by atoms with E-state index < -0.39 is 0 Å². The summed E-state index contributed by atoms with van der Waals surface area (Å²) in [6, 6.07) is 6.77. The third-order valence-corrected chi connectivity index (χ3v) is 2.80. The fourth-order valence-electron chi connectivity index (χ4n) is 1.02. The Hall–Kier alpha value is -1.02. The van der Waals surface area contributed by atoms with E-state index in [4.69, 9.17) is 16.3 Å². The van der Waals surface area contributed by atoms with Crippen LogP contribution in [0.25, 0.3) is 0 Å². The Morgan fingerprint density at radius 3 is 2.50 bits per heavy atom. The number of halogens is 1. The Morgan fingerprint density at radius 1 is 1.38 bits per heavy atom. The van der Waals surface area contributed by atoms with Gasteiger partial charge in [-0.3, -0.25) is 0 Å². The van der Waals surface area contributed by atoms with Crippen molar-refractivity contribution in [2.75, 3.05) is 0 Å². The van der Waals surface area contributed by atoms with Crippen molar-refractivity contribution < 1.29 is 9.53 Å². The standard InChI is InChI=1S/C13H17ClO2/c1-9(13(2,3)4)16-12(15)10-6-5-7-11(14)8-10/h5-9H,1-4H3. The van der Waals surface area contributed by atoms with Crippen LogP contribution in [0.5, 0.6) is 0 Å². The highest BCUT2D eigenvalue weighted by atomic mass is 35.5. The first kappa shape index (κ1) is 13.0. The Morgan fingerprint density at radius 2 is 2.00 bits per heavy atom. The van der Waals surface area contributed by atoms with Crippen LogP contribution in [0.3, 0.4) is 0 Å². The van der Waals surface area contributed by atoms with E-state index in [1.54, 1.807) is 24.3 Å². The molecule has 0 bridgehead atoms. The molecule has 0 N–H and O–H groups in total. The van der Waals surface area contributed by atoms with Gasteiger partial charge in [0.05, 0.1) is 5.56 Å². The van der Waals surface area contributed by atoms with Crippen LogP contribution in [-0.4, -0.2) is 12.1 Å². The number of hydrogen-bond donors (Lipinski definition) is 0. The van der Waals surface area contributed by atoms with Gasteiger partial charge in [0.15, 0.2) is 0 Å².